The molecule has 0 bridgehead atoms. The molecule has 2 nitrogen and oxygen atoms in total. The number of hydrogen-bond donors (Lipinski definition) is 0. The summed E-state index contributed by atoms with van der Waals surface area (Å²) in [6.07, 6.45) is 1.65. The average molecular weight is 264 g/mol. The molecule has 0 unspecified atom stereocenters. The van der Waals surface area contributed by atoms with Crippen molar-refractivity contribution in [1.82, 2.24) is 4.98 Å². The van der Waals surface area contributed by atoms with Crippen molar-refractivity contribution >= 4 is 28.6 Å². The topological polar surface area (TPSA) is 30.0 Å². The van der Waals surface area contributed by atoms with Gasteiger partial charge in [0.25, 0.3) is 5.24 Å². The summed E-state index contributed by atoms with van der Waals surface area (Å²) in [6.45, 7) is 2.03. The van der Waals surface area contributed by atoms with Gasteiger partial charge < -0.3 is 0 Å². The zero-order valence-electron chi connectivity index (χ0n) is 9.18. The molecule has 0 saturated carbocycles. The van der Waals surface area contributed by atoms with Gasteiger partial charge in [-0.1, -0.05) is 29.5 Å². The van der Waals surface area contributed by atoms with Gasteiger partial charge >= 0.3 is 0 Å². The summed E-state index contributed by atoms with van der Waals surface area (Å²) < 4.78 is 0. The summed E-state index contributed by atoms with van der Waals surface area (Å²) in [5.41, 5.74) is 1.64. The molecule has 0 saturated heterocycles. The molecular weight excluding hydrogens is 254 g/mol. The summed E-state index contributed by atoms with van der Waals surface area (Å²) in [5.74, 6) is 0. The predicted molar refractivity (Wildman–Crippen MR) is 69.7 cm³/mol. The third-order valence-electron chi connectivity index (χ3n) is 2.22. The monoisotopic (exact) mass is 263 g/mol. The van der Waals surface area contributed by atoms with Crippen LogP contribution in [-0.2, 0) is 0 Å². The Bertz CT molecular complexity index is 539. The van der Waals surface area contributed by atoms with Crippen molar-refractivity contribution in [3.8, 4) is 0 Å². The van der Waals surface area contributed by atoms with Gasteiger partial charge in [0.1, 0.15) is 5.03 Å². The van der Waals surface area contributed by atoms with Gasteiger partial charge in [0.2, 0.25) is 0 Å². The SMILES string of the molecule is Cc1ccc(Sc2ncccc2C(=O)Cl)cc1. The summed E-state index contributed by atoms with van der Waals surface area (Å²) in [5, 5.41) is 0.157. The minimum Gasteiger partial charge on any atom is -0.276 e. The molecule has 0 amide bonds. The molecule has 0 N–H and O–H groups in total. The van der Waals surface area contributed by atoms with Crippen LogP contribution in [0.25, 0.3) is 0 Å². The Balaban J connectivity index is 2.30. The van der Waals surface area contributed by atoms with E-state index in [2.05, 4.69) is 4.98 Å². The van der Waals surface area contributed by atoms with Gasteiger partial charge in [-0.25, -0.2) is 4.98 Å². The van der Waals surface area contributed by atoms with E-state index >= 15 is 0 Å². The van der Waals surface area contributed by atoms with E-state index in [1.54, 1.807) is 18.3 Å². The van der Waals surface area contributed by atoms with E-state index in [9.17, 15) is 4.79 Å². The zero-order chi connectivity index (χ0) is 12.3. The van der Waals surface area contributed by atoms with Crippen LogP contribution in [-0.4, -0.2) is 10.2 Å². The van der Waals surface area contributed by atoms with Crippen molar-refractivity contribution in [2.24, 2.45) is 0 Å². The first-order chi connectivity index (χ1) is 8.16. The van der Waals surface area contributed by atoms with E-state index in [1.807, 2.05) is 31.2 Å². The number of rotatable bonds is 3. The Morgan fingerprint density at radius 3 is 2.59 bits per heavy atom. The number of nitrogens with zero attached hydrogens (tertiary/aromatic N) is 1. The second-order valence-corrected chi connectivity index (χ2v) is 4.95. The Morgan fingerprint density at radius 1 is 1.24 bits per heavy atom. The van der Waals surface area contributed by atoms with Crippen LogP contribution in [0.3, 0.4) is 0 Å². The lowest BCUT2D eigenvalue weighted by atomic mass is 10.2. The van der Waals surface area contributed by atoms with Crippen LogP contribution >= 0.6 is 23.4 Å². The van der Waals surface area contributed by atoms with Gasteiger partial charge in [-0.05, 0) is 42.8 Å². The van der Waals surface area contributed by atoms with Gasteiger partial charge in [0.15, 0.2) is 0 Å². The molecule has 1 aromatic carbocycles. The van der Waals surface area contributed by atoms with Crippen molar-refractivity contribution in [3.63, 3.8) is 0 Å². The normalized spacial score (nSPS) is 10.2. The van der Waals surface area contributed by atoms with Crippen LogP contribution < -0.4 is 0 Å². The first-order valence-corrected chi connectivity index (χ1v) is 6.25. The summed E-state index contributed by atoms with van der Waals surface area (Å²) in [6, 6.07) is 11.4. The number of aryl methyl sites for hydroxylation is 1. The van der Waals surface area contributed by atoms with Gasteiger partial charge in [0.05, 0.1) is 5.56 Å². The molecule has 0 aliphatic carbocycles. The quantitative estimate of drug-likeness (QED) is 0.786. The summed E-state index contributed by atoms with van der Waals surface area (Å²) in [4.78, 5) is 16.4. The second-order valence-electron chi connectivity index (χ2n) is 3.54. The van der Waals surface area contributed by atoms with Crippen molar-refractivity contribution in [3.05, 3.63) is 53.7 Å². The maximum absolute atomic E-state index is 11.2. The summed E-state index contributed by atoms with van der Waals surface area (Å²) >= 11 is 6.94. The van der Waals surface area contributed by atoms with Crippen molar-refractivity contribution in [2.45, 2.75) is 16.8 Å². The molecule has 0 spiro atoms. The molecule has 2 rings (SSSR count). The van der Waals surface area contributed by atoms with E-state index in [1.165, 1.54) is 17.3 Å². The zero-order valence-corrected chi connectivity index (χ0v) is 10.8. The molecule has 0 fully saturated rings. The molecule has 86 valence electrons. The first-order valence-electron chi connectivity index (χ1n) is 5.06. The Hall–Kier alpha value is -1.32. The number of halogens is 1. The Morgan fingerprint density at radius 2 is 1.94 bits per heavy atom. The second kappa shape index (κ2) is 5.34. The number of aromatic nitrogens is 1. The average Bonchev–Trinajstić information content (AvgIpc) is 2.32. The maximum atomic E-state index is 11.2. The molecule has 4 heteroatoms. The van der Waals surface area contributed by atoms with Crippen LogP contribution in [0.1, 0.15) is 15.9 Å². The fourth-order valence-corrected chi connectivity index (χ4v) is 2.43. The smallest absolute Gasteiger partial charge is 0.255 e. The molecule has 1 heterocycles. The van der Waals surface area contributed by atoms with Crippen LogP contribution in [0.4, 0.5) is 0 Å². The van der Waals surface area contributed by atoms with Crippen LogP contribution in [0, 0.1) is 6.92 Å². The van der Waals surface area contributed by atoms with Gasteiger partial charge in [-0.2, -0.15) is 0 Å². The van der Waals surface area contributed by atoms with Gasteiger partial charge in [0, 0.05) is 11.1 Å². The number of pyridine rings is 1. The van der Waals surface area contributed by atoms with E-state index in [-0.39, 0.29) is 0 Å². The number of benzene rings is 1. The van der Waals surface area contributed by atoms with Crippen molar-refractivity contribution in [1.29, 1.82) is 0 Å². The van der Waals surface area contributed by atoms with E-state index in [4.69, 9.17) is 11.6 Å². The highest BCUT2D eigenvalue weighted by atomic mass is 35.5. The lowest BCUT2D eigenvalue weighted by molar-refractivity contribution is 0.107. The predicted octanol–water partition coefficient (Wildman–Crippen LogP) is 3.92. The minimum atomic E-state index is -0.479. The highest BCUT2D eigenvalue weighted by Gasteiger charge is 2.10. The van der Waals surface area contributed by atoms with Crippen LogP contribution in [0.2, 0.25) is 0 Å². The Labute approximate surface area is 109 Å². The number of carbonyl (C=O) groups excluding carboxylic acids is 1. The molecule has 17 heavy (non-hydrogen) atoms. The molecule has 0 atom stereocenters. The van der Waals surface area contributed by atoms with Crippen LogP contribution in [0.5, 0.6) is 0 Å². The van der Waals surface area contributed by atoms with Gasteiger partial charge in [-0.15, -0.1) is 0 Å². The Kier molecular flexibility index (Phi) is 3.82. The third kappa shape index (κ3) is 3.08. The van der Waals surface area contributed by atoms with Gasteiger partial charge in [-0.3, -0.25) is 4.79 Å². The molecule has 0 radical (unpaired) electrons. The lowest BCUT2D eigenvalue weighted by Gasteiger charge is -2.04. The largest absolute Gasteiger partial charge is 0.276 e. The molecule has 2 aromatic rings. The van der Waals surface area contributed by atoms with Crippen LogP contribution in [0.15, 0.2) is 52.5 Å². The minimum absolute atomic E-state index is 0.444. The van der Waals surface area contributed by atoms with Crippen molar-refractivity contribution < 1.29 is 4.79 Å². The van der Waals surface area contributed by atoms with E-state index in [0.29, 0.717) is 10.6 Å². The third-order valence-corrected chi connectivity index (χ3v) is 3.45. The molecule has 0 aliphatic heterocycles. The highest BCUT2D eigenvalue weighted by Crippen LogP contribution is 2.29. The van der Waals surface area contributed by atoms with E-state index in [0.717, 1.165) is 4.90 Å². The number of carbonyl (C=O) groups is 1. The summed E-state index contributed by atoms with van der Waals surface area (Å²) in [7, 11) is 0. The fraction of sp³-hybridized carbons (Fsp3) is 0.0769. The lowest BCUT2D eigenvalue weighted by Crippen LogP contribution is -1.94. The highest BCUT2D eigenvalue weighted by molar-refractivity contribution is 7.99. The van der Waals surface area contributed by atoms with E-state index < -0.39 is 5.24 Å². The molecule has 0 aliphatic rings. The standard InChI is InChI=1S/C13H10ClNOS/c1-9-4-6-10(7-5-9)17-13-11(12(14)16)3-2-8-15-13/h2-8H,1H3. The van der Waals surface area contributed by atoms with Crippen molar-refractivity contribution in [2.75, 3.05) is 0 Å². The first kappa shape index (κ1) is 12.1. The maximum Gasteiger partial charge on any atom is 0.255 e. The fourth-order valence-electron chi connectivity index (χ4n) is 1.34. The molecular formula is C13H10ClNOS. The molecule has 1 aromatic heterocycles. The number of hydrogen-bond acceptors (Lipinski definition) is 3.